The standard InChI is InChI=1S/C37H40BrClN6O5S/c1-4-48-29-16-10-9-15-28(29)41-35(47)32-23(3)40-36-42-37(51-22-24-13-7-8-14-27(24)39)43-45(36)33(32)25-19-26(38)34(30(20-25)49-5-2)50-21-31(46)44-17-11-6-12-18-44/h7-10,13-16,19-20,33H,4-6,11-12,17-18,21-22H2,1-3H3,(H,41,47)(H,40,42,43). The van der Waals surface area contributed by atoms with Crippen LogP contribution in [0.2, 0.25) is 5.02 Å². The molecule has 3 aromatic carbocycles. The van der Waals surface area contributed by atoms with Crippen molar-refractivity contribution in [1.29, 1.82) is 0 Å². The van der Waals surface area contributed by atoms with Crippen LogP contribution >= 0.6 is 39.3 Å². The van der Waals surface area contributed by atoms with Crippen molar-refractivity contribution in [3.05, 3.63) is 92.6 Å². The predicted octanol–water partition coefficient (Wildman–Crippen LogP) is 8.10. The summed E-state index contributed by atoms with van der Waals surface area (Å²) in [5.41, 5.74) is 3.23. The molecule has 0 bridgehead atoms. The number of hydrogen-bond acceptors (Lipinski definition) is 9. The van der Waals surface area contributed by atoms with Gasteiger partial charge in [-0.1, -0.05) is 53.7 Å². The maximum atomic E-state index is 14.3. The van der Waals surface area contributed by atoms with Crippen molar-refractivity contribution in [2.45, 2.75) is 57.0 Å². The second-order valence-corrected chi connectivity index (χ2v) is 14.2. The van der Waals surface area contributed by atoms with E-state index in [1.165, 1.54) is 11.8 Å². The first-order chi connectivity index (χ1) is 24.8. The number of carbonyl (C=O) groups excluding carboxylic acids is 2. The smallest absolute Gasteiger partial charge is 0.260 e. The van der Waals surface area contributed by atoms with E-state index in [4.69, 9.17) is 35.9 Å². The largest absolute Gasteiger partial charge is 0.492 e. The lowest BCUT2D eigenvalue weighted by atomic mass is 9.94. The molecule has 1 fully saturated rings. The Bertz CT molecular complexity index is 1930. The highest BCUT2D eigenvalue weighted by molar-refractivity contribution is 9.10. The first kappa shape index (κ1) is 36.6. The van der Waals surface area contributed by atoms with Crippen molar-refractivity contribution in [3.63, 3.8) is 0 Å². The number of para-hydroxylation sites is 2. The number of hydrogen-bond donors (Lipinski definition) is 2. The van der Waals surface area contributed by atoms with E-state index >= 15 is 0 Å². The van der Waals surface area contributed by atoms with Crippen LogP contribution < -0.4 is 24.8 Å². The van der Waals surface area contributed by atoms with E-state index in [1.54, 1.807) is 10.7 Å². The Balaban J connectivity index is 1.37. The van der Waals surface area contributed by atoms with E-state index in [1.807, 2.05) is 80.3 Å². The van der Waals surface area contributed by atoms with Gasteiger partial charge in [-0.25, -0.2) is 4.68 Å². The predicted molar refractivity (Wildman–Crippen MR) is 203 cm³/mol. The normalized spacial score (nSPS) is 15.5. The van der Waals surface area contributed by atoms with Gasteiger partial charge in [0.15, 0.2) is 18.1 Å². The SMILES string of the molecule is CCOc1ccccc1NC(=O)C1=C(C)Nc2nc(SCc3ccccc3Cl)nn2C1c1cc(Br)c(OCC(=O)N2CCCCC2)c(OCC)c1. The van der Waals surface area contributed by atoms with E-state index in [0.717, 1.165) is 37.9 Å². The number of ether oxygens (including phenoxy) is 3. The quantitative estimate of drug-likeness (QED) is 0.129. The summed E-state index contributed by atoms with van der Waals surface area (Å²) in [5, 5.41) is 12.4. The Morgan fingerprint density at radius 3 is 2.49 bits per heavy atom. The van der Waals surface area contributed by atoms with Gasteiger partial charge in [-0.05, 0) is 97.4 Å². The number of nitrogens with zero attached hydrogens (tertiary/aromatic N) is 4. The molecule has 2 aliphatic rings. The summed E-state index contributed by atoms with van der Waals surface area (Å²) in [5.74, 6) is 2.04. The van der Waals surface area contributed by atoms with Gasteiger partial charge in [0, 0.05) is 29.6 Å². The van der Waals surface area contributed by atoms with Crippen LogP contribution in [0, 0.1) is 0 Å². The van der Waals surface area contributed by atoms with Crippen LogP contribution in [0.15, 0.2) is 81.6 Å². The van der Waals surface area contributed by atoms with E-state index in [2.05, 4.69) is 26.6 Å². The lowest BCUT2D eigenvalue weighted by molar-refractivity contribution is -0.134. The summed E-state index contributed by atoms with van der Waals surface area (Å²) in [6.07, 6.45) is 3.12. The highest BCUT2D eigenvalue weighted by Gasteiger charge is 2.36. The monoisotopic (exact) mass is 794 g/mol. The summed E-state index contributed by atoms with van der Waals surface area (Å²) in [7, 11) is 0. The van der Waals surface area contributed by atoms with Gasteiger partial charge < -0.3 is 29.7 Å². The lowest BCUT2D eigenvalue weighted by Gasteiger charge is -2.30. The zero-order chi connectivity index (χ0) is 35.9. The molecule has 1 aromatic heterocycles. The minimum atomic E-state index is -0.720. The summed E-state index contributed by atoms with van der Waals surface area (Å²) in [4.78, 5) is 33.9. The fourth-order valence-electron chi connectivity index (χ4n) is 6.11. The number of nitrogens with one attached hydrogen (secondary N) is 2. The van der Waals surface area contributed by atoms with Crippen molar-refractivity contribution in [2.75, 3.05) is 43.5 Å². The zero-order valence-electron chi connectivity index (χ0n) is 28.7. The lowest BCUT2D eigenvalue weighted by Crippen LogP contribution is -2.38. The molecule has 14 heteroatoms. The van der Waals surface area contributed by atoms with Crippen LogP contribution in [-0.2, 0) is 15.3 Å². The maximum Gasteiger partial charge on any atom is 0.260 e. The van der Waals surface area contributed by atoms with Crippen molar-refractivity contribution in [1.82, 2.24) is 19.7 Å². The Labute approximate surface area is 315 Å². The first-order valence-electron chi connectivity index (χ1n) is 17.0. The van der Waals surface area contributed by atoms with Crippen LogP contribution in [0.1, 0.15) is 57.2 Å². The molecule has 0 aliphatic carbocycles. The van der Waals surface area contributed by atoms with Gasteiger partial charge in [0.25, 0.3) is 11.8 Å². The highest BCUT2D eigenvalue weighted by atomic mass is 79.9. The molecule has 51 heavy (non-hydrogen) atoms. The second kappa shape index (κ2) is 16.9. The third-order valence-corrected chi connectivity index (χ3v) is 10.4. The van der Waals surface area contributed by atoms with Crippen LogP contribution in [0.25, 0.3) is 0 Å². The van der Waals surface area contributed by atoms with E-state index in [-0.39, 0.29) is 18.4 Å². The average Bonchev–Trinajstić information content (AvgIpc) is 3.53. The molecule has 268 valence electrons. The fourth-order valence-corrected chi connectivity index (χ4v) is 7.80. The number of likely N-dealkylation sites (tertiary alicyclic amines) is 1. The fraction of sp³-hybridized carbons (Fsp3) is 0.351. The van der Waals surface area contributed by atoms with Crippen molar-refractivity contribution in [2.24, 2.45) is 0 Å². The topological polar surface area (TPSA) is 120 Å². The minimum Gasteiger partial charge on any atom is -0.492 e. The van der Waals surface area contributed by atoms with Crippen LogP contribution in [0.4, 0.5) is 11.6 Å². The first-order valence-corrected chi connectivity index (χ1v) is 19.1. The van der Waals surface area contributed by atoms with Gasteiger partial charge in [-0.15, -0.1) is 5.10 Å². The number of carbonyl (C=O) groups is 2. The molecule has 1 saturated heterocycles. The number of rotatable bonds is 13. The van der Waals surface area contributed by atoms with Gasteiger partial charge in [0.2, 0.25) is 11.1 Å². The highest BCUT2D eigenvalue weighted by Crippen LogP contribution is 2.44. The third-order valence-electron chi connectivity index (χ3n) is 8.52. The summed E-state index contributed by atoms with van der Waals surface area (Å²) in [6.45, 7) is 7.77. The second-order valence-electron chi connectivity index (χ2n) is 12.0. The average molecular weight is 796 g/mol. The zero-order valence-corrected chi connectivity index (χ0v) is 31.9. The van der Waals surface area contributed by atoms with Crippen molar-refractivity contribution < 1.29 is 23.8 Å². The van der Waals surface area contributed by atoms with E-state index in [0.29, 0.717) is 79.3 Å². The molecule has 0 saturated carbocycles. The molecular weight excluding hydrogens is 756 g/mol. The van der Waals surface area contributed by atoms with Gasteiger partial charge in [0.1, 0.15) is 11.8 Å². The number of aromatic nitrogens is 3. The molecule has 6 rings (SSSR count). The number of anilines is 2. The Morgan fingerprint density at radius 1 is 1.00 bits per heavy atom. The Kier molecular flexibility index (Phi) is 12.1. The summed E-state index contributed by atoms with van der Waals surface area (Å²) in [6, 6.07) is 18.0. The molecule has 3 heterocycles. The number of amides is 2. The van der Waals surface area contributed by atoms with Crippen LogP contribution in [-0.4, -0.2) is 64.4 Å². The number of halogens is 2. The van der Waals surface area contributed by atoms with Crippen molar-refractivity contribution in [3.8, 4) is 17.2 Å². The van der Waals surface area contributed by atoms with Gasteiger partial charge in [-0.2, -0.15) is 4.98 Å². The molecule has 4 aromatic rings. The number of benzene rings is 3. The molecule has 11 nitrogen and oxygen atoms in total. The maximum absolute atomic E-state index is 14.3. The molecule has 0 radical (unpaired) electrons. The van der Waals surface area contributed by atoms with Gasteiger partial charge >= 0.3 is 0 Å². The van der Waals surface area contributed by atoms with Crippen molar-refractivity contribution >= 4 is 62.7 Å². The number of fused-ring (bicyclic) bond motifs is 1. The van der Waals surface area contributed by atoms with E-state index < -0.39 is 6.04 Å². The van der Waals surface area contributed by atoms with Crippen LogP contribution in [0.5, 0.6) is 17.2 Å². The summed E-state index contributed by atoms with van der Waals surface area (Å²) >= 11 is 11.6. The molecule has 0 spiro atoms. The van der Waals surface area contributed by atoms with Gasteiger partial charge in [0.05, 0.1) is 28.9 Å². The molecule has 2 aliphatic heterocycles. The molecule has 2 N–H and O–H groups in total. The number of thioether (sulfide) groups is 1. The van der Waals surface area contributed by atoms with E-state index in [9.17, 15) is 9.59 Å². The molecule has 1 atom stereocenters. The molecular formula is C37H40BrClN6O5S. The van der Waals surface area contributed by atoms with Gasteiger partial charge in [-0.3, -0.25) is 9.59 Å². The Morgan fingerprint density at radius 2 is 1.73 bits per heavy atom. The number of piperidine rings is 1. The van der Waals surface area contributed by atoms with Crippen LogP contribution in [0.3, 0.4) is 0 Å². The Hall–Kier alpha value is -4.20. The molecule has 2 amide bonds. The summed E-state index contributed by atoms with van der Waals surface area (Å²) < 4.78 is 20.3. The molecule has 1 unspecified atom stereocenters. The number of allylic oxidation sites excluding steroid dienone is 1. The third kappa shape index (κ3) is 8.48. The minimum absolute atomic E-state index is 0.0644.